The minimum atomic E-state index is -0.977. The molecule has 0 heterocycles. The van der Waals surface area contributed by atoms with Gasteiger partial charge in [-0.3, -0.25) is 9.59 Å². The number of Topliss-reactive ketones (excluding diaryl/α,β-unsaturated/α-hetero) is 1. The van der Waals surface area contributed by atoms with E-state index in [4.69, 9.17) is 9.47 Å². The van der Waals surface area contributed by atoms with Gasteiger partial charge in [0.1, 0.15) is 5.75 Å². The number of ketones is 1. The quantitative estimate of drug-likeness (QED) is 0.362. The van der Waals surface area contributed by atoms with Crippen molar-refractivity contribution in [2.45, 2.75) is 11.8 Å². The summed E-state index contributed by atoms with van der Waals surface area (Å²) in [6.07, 6.45) is 0. The highest BCUT2D eigenvalue weighted by Crippen LogP contribution is 2.17. The molecular formula is C12H13BrO4. The lowest BCUT2D eigenvalue weighted by Crippen LogP contribution is -2.26. The molecule has 0 amide bonds. The Balaban J connectivity index is 2.84. The molecule has 0 aromatic heterocycles. The highest BCUT2D eigenvalue weighted by atomic mass is 79.9. The average molecular weight is 301 g/mol. The van der Waals surface area contributed by atoms with E-state index < -0.39 is 10.8 Å². The van der Waals surface area contributed by atoms with Gasteiger partial charge >= 0.3 is 5.97 Å². The van der Waals surface area contributed by atoms with Crippen LogP contribution in [-0.4, -0.2) is 30.3 Å². The van der Waals surface area contributed by atoms with Crippen LogP contribution in [0.5, 0.6) is 5.75 Å². The van der Waals surface area contributed by atoms with Gasteiger partial charge in [-0.05, 0) is 19.1 Å². The molecule has 0 aliphatic rings. The van der Waals surface area contributed by atoms with Crippen molar-refractivity contribution in [2.24, 2.45) is 0 Å². The topological polar surface area (TPSA) is 52.6 Å². The minimum absolute atomic E-state index is 0.242. The first-order valence-corrected chi connectivity index (χ1v) is 6.00. The molecule has 1 aromatic carbocycles. The fourth-order valence-corrected chi connectivity index (χ4v) is 1.64. The van der Waals surface area contributed by atoms with Crippen LogP contribution in [0.3, 0.4) is 0 Å². The molecule has 0 fully saturated rings. The summed E-state index contributed by atoms with van der Waals surface area (Å²) in [4.78, 5) is 22.3. The Morgan fingerprint density at radius 1 is 1.41 bits per heavy atom. The number of alkyl halides is 1. The molecular weight excluding hydrogens is 288 g/mol. The van der Waals surface area contributed by atoms with Crippen LogP contribution >= 0.6 is 15.9 Å². The smallest absolute Gasteiger partial charge is 0.327 e. The second-order valence-corrected chi connectivity index (χ2v) is 4.13. The molecule has 0 aliphatic heterocycles. The molecule has 17 heavy (non-hydrogen) atoms. The lowest BCUT2D eigenvalue weighted by atomic mass is 10.1. The van der Waals surface area contributed by atoms with Crippen molar-refractivity contribution >= 4 is 27.7 Å². The van der Waals surface area contributed by atoms with Crippen LogP contribution in [0.2, 0.25) is 0 Å². The van der Waals surface area contributed by atoms with Gasteiger partial charge in [0.15, 0.2) is 10.6 Å². The van der Waals surface area contributed by atoms with Crippen molar-refractivity contribution in [1.82, 2.24) is 0 Å². The van der Waals surface area contributed by atoms with E-state index in [-0.39, 0.29) is 12.4 Å². The van der Waals surface area contributed by atoms with Gasteiger partial charge in [0.25, 0.3) is 0 Å². The van der Waals surface area contributed by atoms with Gasteiger partial charge in [-0.25, -0.2) is 0 Å². The van der Waals surface area contributed by atoms with Gasteiger partial charge in [0.2, 0.25) is 0 Å². The van der Waals surface area contributed by atoms with Crippen molar-refractivity contribution in [3.05, 3.63) is 29.8 Å². The van der Waals surface area contributed by atoms with E-state index in [1.54, 1.807) is 31.2 Å². The maximum absolute atomic E-state index is 11.9. The molecule has 1 atom stereocenters. The number of carbonyl (C=O) groups excluding carboxylic acids is 2. The summed E-state index contributed by atoms with van der Waals surface area (Å²) in [6, 6.07) is 6.62. The summed E-state index contributed by atoms with van der Waals surface area (Å²) < 4.78 is 9.77. The minimum Gasteiger partial charge on any atom is -0.497 e. The van der Waals surface area contributed by atoms with Crippen LogP contribution < -0.4 is 4.74 Å². The van der Waals surface area contributed by atoms with Gasteiger partial charge in [0.05, 0.1) is 13.7 Å². The van der Waals surface area contributed by atoms with Crippen LogP contribution in [-0.2, 0) is 9.53 Å². The van der Waals surface area contributed by atoms with Crippen LogP contribution in [0.15, 0.2) is 24.3 Å². The maximum atomic E-state index is 11.9. The van der Waals surface area contributed by atoms with E-state index in [0.29, 0.717) is 11.3 Å². The SMILES string of the molecule is CCOC(=O)C(Br)C(=O)c1cccc(OC)c1. The monoisotopic (exact) mass is 300 g/mol. The highest BCUT2D eigenvalue weighted by molar-refractivity contribution is 9.10. The molecule has 0 spiro atoms. The Labute approximate surface area is 108 Å². The number of hydrogen-bond donors (Lipinski definition) is 0. The molecule has 4 nitrogen and oxygen atoms in total. The summed E-state index contributed by atoms with van der Waals surface area (Å²) in [6.45, 7) is 1.93. The third-order valence-electron chi connectivity index (χ3n) is 2.08. The maximum Gasteiger partial charge on any atom is 0.327 e. The van der Waals surface area contributed by atoms with E-state index in [2.05, 4.69) is 15.9 Å². The highest BCUT2D eigenvalue weighted by Gasteiger charge is 2.26. The zero-order valence-electron chi connectivity index (χ0n) is 9.60. The van der Waals surface area contributed by atoms with Gasteiger partial charge < -0.3 is 9.47 Å². The normalized spacial score (nSPS) is 11.7. The zero-order chi connectivity index (χ0) is 12.8. The third kappa shape index (κ3) is 3.56. The molecule has 5 heteroatoms. The molecule has 0 radical (unpaired) electrons. The second kappa shape index (κ2) is 6.39. The molecule has 0 N–H and O–H groups in total. The van der Waals surface area contributed by atoms with Crippen molar-refractivity contribution in [3.8, 4) is 5.75 Å². The predicted molar refractivity (Wildman–Crippen MR) is 66.7 cm³/mol. The molecule has 1 unspecified atom stereocenters. The summed E-state index contributed by atoms with van der Waals surface area (Å²) >= 11 is 3.03. The summed E-state index contributed by atoms with van der Waals surface area (Å²) in [5.41, 5.74) is 0.402. The number of rotatable bonds is 5. The first-order chi connectivity index (χ1) is 8.10. The van der Waals surface area contributed by atoms with E-state index in [1.165, 1.54) is 7.11 Å². The van der Waals surface area contributed by atoms with Gasteiger partial charge in [-0.2, -0.15) is 0 Å². The van der Waals surface area contributed by atoms with Gasteiger partial charge in [0, 0.05) is 5.56 Å². The standard InChI is InChI=1S/C12H13BrO4/c1-3-17-12(15)10(13)11(14)8-5-4-6-9(7-8)16-2/h4-7,10H,3H2,1-2H3. The molecule has 92 valence electrons. The average Bonchev–Trinajstić information content (AvgIpc) is 2.37. The first kappa shape index (κ1) is 13.7. The summed E-state index contributed by atoms with van der Waals surface area (Å²) in [5.74, 6) is -0.359. The first-order valence-electron chi connectivity index (χ1n) is 5.09. The van der Waals surface area contributed by atoms with E-state index in [0.717, 1.165) is 0 Å². The largest absolute Gasteiger partial charge is 0.497 e. The Morgan fingerprint density at radius 3 is 2.71 bits per heavy atom. The lowest BCUT2D eigenvalue weighted by molar-refractivity contribution is -0.141. The van der Waals surface area contributed by atoms with Crippen LogP contribution in [0.25, 0.3) is 0 Å². The van der Waals surface area contributed by atoms with Gasteiger partial charge in [-0.15, -0.1) is 0 Å². The summed E-state index contributed by atoms with van der Waals surface area (Å²) in [5, 5.41) is 0. The van der Waals surface area contributed by atoms with E-state index in [9.17, 15) is 9.59 Å². The van der Waals surface area contributed by atoms with Crippen LogP contribution in [0, 0.1) is 0 Å². The fraction of sp³-hybridized carbons (Fsp3) is 0.333. The Kier molecular flexibility index (Phi) is 5.15. The molecule has 0 saturated heterocycles. The molecule has 0 aliphatic carbocycles. The van der Waals surface area contributed by atoms with Crippen molar-refractivity contribution in [3.63, 3.8) is 0 Å². The predicted octanol–water partition coefficient (Wildman–Crippen LogP) is 2.20. The van der Waals surface area contributed by atoms with Crippen molar-refractivity contribution < 1.29 is 19.1 Å². The van der Waals surface area contributed by atoms with Crippen LogP contribution in [0.4, 0.5) is 0 Å². The summed E-state index contributed by atoms with van der Waals surface area (Å²) in [7, 11) is 1.51. The van der Waals surface area contributed by atoms with E-state index >= 15 is 0 Å². The number of ether oxygens (including phenoxy) is 2. The number of benzene rings is 1. The molecule has 0 bridgehead atoms. The zero-order valence-corrected chi connectivity index (χ0v) is 11.2. The molecule has 1 aromatic rings. The fourth-order valence-electron chi connectivity index (χ4n) is 1.25. The van der Waals surface area contributed by atoms with Crippen LogP contribution in [0.1, 0.15) is 17.3 Å². The number of halogens is 1. The van der Waals surface area contributed by atoms with Gasteiger partial charge in [-0.1, -0.05) is 28.1 Å². The number of esters is 1. The third-order valence-corrected chi connectivity index (χ3v) is 2.87. The Morgan fingerprint density at radius 2 is 2.12 bits per heavy atom. The molecule has 0 saturated carbocycles. The number of methoxy groups -OCH3 is 1. The molecule has 1 rings (SSSR count). The Hall–Kier alpha value is -1.36. The lowest BCUT2D eigenvalue weighted by Gasteiger charge is -2.08. The van der Waals surface area contributed by atoms with Crippen molar-refractivity contribution in [2.75, 3.05) is 13.7 Å². The van der Waals surface area contributed by atoms with Crippen molar-refractivity contribution in [1.29, 1.82) is 0 Å². The second-order valence-electron chi connectivity index (χ2n) is 3.21. The number of hydrogen-bond acceptors (Lipinski definition) is 4. The Bertz CT molecular complexity index is 417. The number of carbonyl (C=O) groups is 2. The van der Waals surface area contributed by atoms with E-state index in [1.807, 2.05) is 0 Å².